The third-order valence-corrected chi connectivity index (χ3v) is 4.92. The first kappa shape index (κ1) is 17.5. The minimum absolute atomic E-state index is 0.0707. The topological polar surface area (TPSA) is 55.3 Å². The maximum absolute atomic E-state index is 12.3. The van der Waals surface area contributed by atoms with Gasteiger partial charge in [0.15, 0.2) is 6.61 Å². The van der Waals surface area contributed by atoms with Gasteiger partial charge in [0.05, 0.1) is 22.9 Å². The predicted octanol–water partition coefficient (Wildman–Crippen LogP) is 4.08. The fraction of sp³-hybridized carbons (Fsp3) is 0.318. The quantitative estimate of drug-likeness (QED) is 0.703. The molecule has 0 aliphatic carbocycles. The summed E-state index contributed by atoms with van der Waals surface area (Å²) in [4.78, 5) is 23.4. The van der Waals surface area contributed by atoms with Crippen LogP contribution in [0.4, 0.5) is 0 Å². The lowest BCUT2D eigenvalue weighted by molar-refractivity contribution is -0.133. The van der Waals surface area contributed by atoms with Crippen molar-refractivity contribution in [3.63, 3.8) is 0 Å². The monoisotopic (exact) mass is 361 g/mol. The smallest absolute Gasteiger partial charge is 0.260 e. The molecule has 1 aliphatic rings. The Morgan fingerprint density at radius 1 is 0.926 bits per heavy atom. The Morgan fingerprint density at radius 3 is 2.37 bits per heavy atom. The molecule has 4 rings (SSSR count). The molecule has 1 amide bonds. The van der Waals surface area contributed by atoms with E-state index in [1.54, 1.807) is 6.20 Å². The standard InChI is InChI=1S/C22H23N3O2/c26-22(25-13-5-1-2-6-14-25)16-27-18-11-9-17(10-12-18)21-15-23-19-7-3-4-8-20(19)24-21/h3-4,7-12,15H,1-2,5-6,13-14,16H2. The van der Waals surface area contributed by atoms with E-state index < -0.39 is 0 Å². The molecule has 3 aromatic rings. The van der Waals surface area contributed by atoms with Crippen molar-refractivity contribution in [2.75, 3.05) is 19.7 Å². The molecule has 0 radical (unpaired) electrons. The third kappa shape index (κ3) is 4.25. The minimum atomic E-state index is 0.0707. The van der Waals surface area contributed by atoms with Crippen LogP contribution in [0.1, 0.15) is 25.7 Å². The van der Waals surface area contributed by atoms with Gasteiger partial charge in [-0.25, -0.2) is 4.98 Å². The van der Waals surface area contributed by atoms with Crippen LogP contribution in [0.25, 0.3) is 22.3 Å². The first-order valence-corrected chi connectivity index (χ1v) is 9.52. The molecular formula is C22H23N3O2. The summed E-state index contributed by atoms with van der Waals surface area (Å²) in [6.45, 7) is 1.79. The van der Waals surface area contributed by atoms with Gasteiger partial charge in [0.2, 0.25) is 0 Å². The normalized spacial score (nSPS) is 14.7. The zero-order chi connectivity index (χ0) is 18.5. The second kappa shape index (κ2) is 8.16. The average Bonchev–Trinajstić information content (AvgIpc) is 3.02. The van der Waals surface area contributed by atoms with Crippen LogP contribution in [-0.2, 0) is 4.79 Å². The summed E-state index contributed by atoms with van der Waals surface area (Å²) in [6, 6.07) is 15.5. The molecule has 0 saturated carbocycles. The number of nitrogens with zero attached hydrogens (tertiary/aromatic N) is 3. The van der Waals surface area contributed by atoms with Crippen LogP contribution in [0.5, 0.6) is 5.75 Å². The van der Waals surface area contributed by atoms with E-state index in [2.05, 4.69) is 9.97 Å². The Bertz CT molecular complexity index is 916. The zero-order valence-electron chi connectivity index (χ0n) is 15.3. The number of carbonyl (C=O) groups excluding carboxylic acids is 1. The Hall–Kier alpha value is -2.95. The van der Waals surface area contributed by atoms with E-state index in [4.69, 9.17) is 4.74 Å². The fourth-order valence-corrected chi connectivity index (χ4v) is 3.37. The molecule has 2 heterocycles. The van der Waals surface area contributed by atoms with Crippen LogP contribution in [0.15, 0.2) is 54.7 Å². The van der Waals surface area contributed by atoms with E-state index in [0.717, 1.165) is 48.2 Å². The van der Waals surface area contributed by atoms with Crippen LogP contribution in [0.3, 0.4) is 0 Å². The number of ether oxygens (including phenoxy) is 1. The molecule has 1 aliphatic heterocycles. The second-order valence-electron chi connectivity index (χ2n) is 6.85. The highest BCUT2D eigenvalue weighted by atomic mass is 16.5. The lowest BCUT2D eigenvalue weighted by Crippen LogP contribution is -2.35. The summed E-state index contributed by atoms with van der Waals surface area (Å²) in [5.41, 5.74) is 3.55. The first-order valence-electron chi connectivity index (χ1n) is 9.52. The maximum atomic E-state index is 12.3. The number of likely N-dealkylation sites (tertiary alicyclic amines) is 1. The number of rotatable bonds is 4. The zero-order valence-corrected chi connectivity index (χ0v) is 15.3. The van der Waals surface area contributed by atoms with Crippen molar-refractivity contribution in [1.29, 1.82) is 0 Å². The minimum Gasteiger partial charge on any atom is -0.484 e. The number of fused-ring (bicyclic) bond motifs is 1. The SMILES string of the molecule is O=C(COc1ccc(-c2cnc3ccccc3n2)cc1)N1CCCCCC1. The fourth-order valence-electron chi connectivity index (χ4n) is 3.37. The molecule has 5 heteroatoms. The van der Waals surface area contributed by atoms with Gasteiger partial charge in [0.25, 0.3) is 5.91 Å². The number of amides is 1. The Balaban J connectivity index is 1.40. The van der Waals surface area contributed by atoms with E-state index >= 15 is 0 Å². The number of hydrogen-bond acceptors (Lipinski definition) is 4. The Morgan fingerprint density at radius 2 is 1.63 bits per heavy atom. The van der Waals surface area contributed by atoms with E-state index in [-0.39, 0.29) is 12.5 Å². The molecule has 5 nitrogen and oxygen atoms in total. The predicted molar refractivity (Wildman–Crippen MR) is 106 cm³/mol. The lowest BCUT2D eigenvalue weighted by atomic mass is 10.1. The van der Waals surface area contributed by atoms with Crippen LogP contribution in [-0.4, -0.2) is 40.5 Å². The van der Waals surface area contributed by atoms with Crippen LogP contribution >= 0.6 is 0 Å². The molecule has 0 spiro atoms. The molecular weight excluding hydrogens is 338 g/mol. The number of para-hydroxylation sites is 2. The van der Waals surface area contributed by atoms with Crippen molar-refractivity contribution in [2.45, 2.75) is 25.7 Å². The van der Waals surface area contributed by atoms with Gasteiger partial charge < -0.3 is 9.64 Å². The number of aromatic nitrogens is 2. The summed E-state index contributed by atoms with van der Waals surface area (Å²) in [5.74, 6) is 0.761. The second-order valence-corrected chi connectivity index (χ2v) is 6.85. The molecule has 1 fully saturated rings. The van der Waals surface area contributed by atoms with Gasteiger partial charge in [-0.05, 0) is 49.2 Å². The van der Waals surface area contributed by atoms with Crippen molar-refractivity contribution < 1.29 is 9.53 Å². The van der Waals surface area contributed by atoms with Gasteiger partial charge in [0, 0.05) is 18.7 Å². The largest absolute Gasteiger partial charge is 0.484 e. The summed E-state index contributed by atoms with van der Waals surface area (Å²) in [5, 5.41) is 0. The lowest BCUT2D eigenvalue weighted by Gasteiger charge is -2.20. The molecule has 2 aromatic carbocycles. The van der Waals surface area contributed by atoms with Crippen molar-refractivity contribution in [3.8, 4) is 17.0 Å². The molecule has 1 aromatic heterocycles. The summed E-state index contributed by atoms with van der Waals surface area (Å²) < 4.78 is 5.70. The number of carbonyl (C=O) groups is 1. The highest BCUT2D eigenvalue weighted by molar-refractivity contribution is 5.78. The van der Waals surface area contributed by atoms with Gasteiger partial charge >= 0.3 is 0 Å². The van der Waals surface area contributed by atoms with E-state index in [9.17, 15) is 4.79 Å². The Labute approximate surface area is 159 Å². The summed E-state index contributed by atoms with van der Waals surface area (Å²) in [6.07, 6.45) is 6.38. The molecule has 1 saturated heterocycles. The molecule has 138 valence electrons. The van der Waals surface area contributed by atoms with E-state index in [1.807, 2.05) is 53.4 Å². The van der Waals surface area contributed by atoms with E-state index in [0.29, 0.717) is 5.75 Å². The van der Waals surface area contributed by atoms with Gasteiger partial charge in [-0.1, -0.05) is 25.0 Å². The van der Waals surface area contributed by atoms with Crippen LogP contribution in [0, 0.1) is 0 Å². The van der Waals surface area contributed by atoms with Crippen molar-refractivity contribution >= 4 is 16.9 Å². The maximum Gasteiger partial charge on any atom is 0.260 e. The highest BCUT2D eigenvalue weighted by Crippen LogP contribution is 2.22. The van der Waals surface area contributed by atoms with Crippen molar-refractivity contribution in [3.05, 3.63) is 54.7 Å². The van der Waals surface area contributed by atoms with E-state index in [1.165, 1.54) is 12.8 Å². The van der Waals surface area contributed by atoms with Crippen molar-refractivity contribution in [1.82, 2.24) is 14.9 Å². The summed E-state index contributed by atoms with van der Waals surface area (Å²) in [7, 11) is 0. The van der Waals surface area contributed by atoms with Gasteiger partial charge in [-0.15, -0.1) is 0 Å². The summed E-state index contributed by atoms with van der Waals surface area (Å²) >= 11 is 0. The average molecular weight is 361 g/mol. The highest BCUT2D eigenvalue weighted by Gasteiger charge is 2.15. The van der Waals surface area contributed by atoms with Gasteiger partial charge in [-0.3, -0.25) is 9.78 Å². The van der Waals surface area contributed by atoms with Crippen molar-refractivity contribution in [2.24, 2.45) is 0 Å². The molecule has 0 unspecified atom stereocenters. The number of benzene rings is 2. The molecule has 0 atom stereocenters. The molecule has 0 N–H and O–H groups in total. The van der Waals surface area contributed by atoms with Gasteiger partial charge in [0.1, 0.15) is 5.75 Å². The van der Waals surface area contributed by atoms with Gasteiger partial charge in [-0.2, -0.15) is 0 Å². The molecule has 27 heavy (non-hydrogen) atoms. The Kier molecular flexibility index (Phi) is 5.28. The van der Waals surface area contributed by atoms with Crippen LogP contribution in [0.2, 0.25) is 0 Å². The van der Waals surface area contributed by atoms with Crippen LogP contribution < -0.4 is 4.74 Å². The molecule has 0 bridgehead atoms. The third-order valence-electron chi connectivity index (χ3n) is 4.92. The number of hydrogen-bond donors (Lipinski definition) is 0. The first-order chi connectivity index (χ1) is 13.3.